The van der Waals surface area contributed by atoms with Crippen LogP contribution in [0.15, 0.2) is 24.4 Å². The molecule has 6 heteroatoms. The van der Waals surface area contributed by atoms with Crippen LogP contribution in [0.25, 0.3) is 0 Å². The van der Waals surface area contributed by atoms with E-state index in [1.165, 1.54) is 0 Å². The number of pyridine rings is 1. The molecule has 1 aromatic heterocycles. The van der Waals surface area contributed by atoms with Gasteiger partial charge in [0.25, 0.3) is 0 Å². The van der Waals surface area contributed by atoms with Crippen LogP contribution < -0.4 is 5.32 Å². The summed E-state index contributed by atoms with van der Waals surface area (Å²) in [6.45, 7) is 6.05. The Kier molecular flexibility index (Phi) is 8.86. The molecule has 1 aliphatic rings. The zero-order chi connectivity index (χ0) is 17.9. The molecule has 25 heavy (non-hydrogen) atoms. The molecular formula is C19H32N4O2. The second kappa shape index (κ2) is 11.2. The molecule has 0 aliphatic carbocycles. The van der Waals surface area contributed by atoms with Crippen molar-refractivity contribution in [3.63, 3.8) is 0 Å². The first-order valence-corrected chi connectivity index (χ1v) is 9.26. The van der Waals surface area contributed by atoms with Gasteiger partial charge >= 0.3 is 0 Å². The second-order valence-electron chi connectivity index (χ2n) is 6.84. The summed E-state index contributed by atoms with van der Waals surface area (Å²) in [6.07, 6.45) is 4.90. The average molecular weight is 348 g/mol. The molecule has 2 rings (SSSR count). The highest BCUT2D eigenvalue weighted by Gasteiger charge is 2.25. The van der Waals surface area contributed by atoms with Crippen molar-refractivity contribution in [3.05, 3.63) is 30.1 Å². The number of likely N-dealkylation sites (N-methyl/N-ethyl adjacent to an activating group) is 1. The van der Waals surface area contributed by atoms with E-state index >= 15 is 0 Å². The maximum Gasteiger partial charge on any atom is 0.224 e. The maximum absolute atomic E-state index is 12.4. The number of hydrogen-bond donors (Lipinski definition) is 1. The predicted octanol–water partition coefficient (Wildman–Crippen LogP) is 1.38. The minimum absolute atomic E-state index is 0.0938. The van der Waals surface area contributed by atoms with Gasteiger partial charge in [-0.3, -0.25) is 14.7 Å². The number of rotatable bonds is 10. The Morgan fingerprint density at radius 1 is 1.44 bits per heavy atom. The van der Waals surface area contributed by atoms with E-state index in [-0.39, 0.29) is 11.8 Å². The van der Waals surface area contributed by atoms with E-state index in [1.807, 2.05) is 24.4 Å². The summed E-state index contributed by atoms with van der Waals surface area (Å²) >= 11 is 0. The highest BCUT2D eigenvalue weighted by Crippen LogP contribution is 2.18. The van der Waals surface area contributed by atoms with Crippen molar-refractivity contribution < 1.29 is 9.53 Å². The van der Waals surface area contributed by atoms with Gasteiger partial charge in [-0.1, -0.05) is 6.07 Å². The number of likely N-dealkylation sites (tertiary alicyclic amines) is 1. The lowest BCUT2D eigenvalue weighted by atomic mass is 9.97. The number of carbonyl (C=O) groups excluding carboxylic acids is 1. The Balaban J connectivity index is 1.67. The van der Waals surface area contributed by atoms with Crippen LogP contribution in [0.4, 0.5) is 0 Å². The summed E-state index contributed by atoms with van der Waals surface area (Å²) < 4.78 is 5.06. The van der Waals surface area contributed by atoms with Crippen molar-refractivity contribution in [2.75, 3.05) is 53.5 Å². The Hall–Kier alpha value is -1.50. The molecule has 2 heterocycles. The van der Waals surface area contributed by atoms with E-state index in [1.54, 1.807) is 7.11 Å². The van der Waals surface area contributed by atoms with Crippen molar-refractivity contribution in [2.24, 2.45) is 5.92 Å². The van der Waals surface area contributed by atoms with E-state index in [0.717, 1.165) is 64.3 Å². The molecule has 1 fully saturated rings. The van der Waals surface area contributed by atoms with Gasteiger partial charge in [-0.05, 0) is 45.0 Å². The smallest absolute Gasteiger partial charge is 0.224 e. The molecule has 1 aliphatic heterocycles. The summed E-state index contributed by atoms with van der Waals surface area (Å²) in [7, 11) is 3.80. The van der Waals surface area contributed by atoms with Crippen LogP contribution >= 0.6 is 0 Å². The SMILES string of the molecule is COCCCN(C)CCNC(=O)C1CCCN(Cc2ccccn2)C1. The van der Waals surface area contributed by atoms with Crippen LogP contribution in [0, 0.1) is 5.92 Å². The molecule has 1 aromatic rings. The molecule has 0 spiro atoms. The third-order valence-electron chi connectivity index (χ3n) is 4.67. The number of carbonyl (C=O) groups is 1. The normalized spacial score (nSPS) is 18.4. The van der Waals surface area contributed by atoms with Gasteiger partial charge in [0.2, 0.25) is 5.91 Å². The molecule has 1 atom stereocenters. The Morgan fingerprint density at radius 3 is 3.08 bits per heavy atom. The van der Waals surface area contributed by atoms with Crippen molar-refractivity contribution in [1.82, 2.24) is 20.1 Å². The molecule has 1 N–H and O–H groups in total. The quantitative estimate of drug-likeness (QED) is 0.648. The molecule has 1 amide bonds. The highest BCUT2D eigenvalue weighted by molar-refractivity contribution is 5.78. The molecule has 0 radical (unpaired) electrons. The van der Waals surface area contributed by atoms with Crippen LogP contribution in [0.1, 0.15) is 25.0 Å². The van der Waals surface area contributed by atoms with Gasteiger partial charge in [0.15, 0.2) is 0 Å². The zero-order valence-corrected chi connectivity index (χ0v) is 15.6. The summed E-state index contributed by atoms with van der Waals surface area (Å²) in [6, 6.07) is 5.99. The first kappa shape index (κ1) is 19.8. The number of methoxy groups -OCH3 is 1. The molecule has 1 saturated heterocycles. The number of aromatic nitrogens is 1. The number of hydrogen-bond acceptors (Lipinski definition) is 5. The standard InChI is InChI=1S/C19H32N4O2/c1-22(11-6-14-25-2)13-10-21-19(24)17-7-5-12-23(15-17)16-18-8-3-4-9-20-18/h3-4,8-9,17H,5-7,10-16H2,1-2H3,(H,21,24). The highest BCUT2D eigenvalue weighted by atomic mass is 16.5. The molecule has 1 unspecified atom stereocenters. The number of nitrogens with one attached hydrogen (secondary N) is 1. The van der Waals surface area contributed by atoms with Crippen molar-refractivity contribution in [2.45, 2.75) is 25.8 Å². The van der Waals surface area contributed by atoms with Gasteiger partial charge in [0, 0.05) is 52.6 Å². The summed E-state index contributed by atoms with van der Waals surface area (Å²) in [5, 5.41) is 3.10. The molecule has 140 valence electrons. The third kappa shape index (κ3) is 7.50. The third-order valence-corrected chi connectivity index (χ3v) is 4.67. The lowest BCUT2D eigenvalue weighted by Gasteiger charge is -2.31. The molecular weight excluding hydrogens is 316 g/mol. The van der Waals surface area contributed by atoms with Gasteiger partial charge in [0.1, 0.15) is 0 Å². The lowest BCUT2D eigenvalue weighted by Crippen LogP contribution is -2.44. The first-order chi connectivity index (χ1) is 12.2. The van der Waals surface area contributed by atoms with Gasteiger partial charge in [-0.25, -0.2) is 0 Å². The topological polar surface area (TPSA) is 57.7 Å². The maximum atomic E-state index is 12.4. The molecule has 0 aromatic carbocycles. The van der Waals surface area contributed by atoms with E-state index in [9.17, 15) is 4.79 Å². The van der Waals surface area contributed by atoms with Crippen molar-refractivity contribution >= 4 is 5.91 Å². The number of nitrogens with zero attached hydrogens (tertiary/aromatic N) is 3. The summed E-state index contributed by atoms with van der Waals surface area (Å²) in [5.41, 5.74) is 1.07. The minimum Gasteiger partial charge on any atom is -0.385 e. The zero-order valence-electron chi connectivity index (χ0n) is 15.6. The van der Waals surface area contributed by atoms with Gasteiger partial charge in [0.05, 0.1) is 11.6 Å². The van der Waals surface area contributed by atoms with Gasteiger partial charge in [-0.15, -0.1) is 0 Å². The van der Waals surface area contributed by atoms with Crippen LogP contribution in [0.5, 0.6) is 0 Å². The molecule has 6 nitrogen and oxygen atoms in total. The predicted molar refractivity (Wildman–Crippen MR) is 99.2 cm³/mol. The summed E-state index contributed by atoms with van der Waals surface area (Å²) in [4.78, 5) is 21.4. The van der Waals surface area contributed by atoms with Crippen LogP contribution in [-0.4, -0.2) is 74.2 Å². The first-order valence-electron chi connectivity index (χ1n) is 9.26. The van der Waals surface area contributed by atoms with E-state index in [2.05, 4.69) is 27.1 Å². The fourth-order valence-electron chi connectivity index (χ4n) is 3.24. The fraction of sp³-hybridized carbons (Fsp3) is 0.684. The fourth-order valence-corrected chi connectivity index (χ4v) is 3.24. The molecule has 0 saturated carbocycles. The number of piperidine rings is 1. The largest absolute Gasteiger partial charge is 0.385 e. The van der Waals surface area contributed by atoms with Crippen LogP contribution in [0.2, 0.25) is 0 Å². The average Bonchev–Trinajstić information content (AvgIpc) is 2.63. The monoisotopic (exact) mass is 348 g/mol. The molecule has 0 bridgehead atoms. The van der Waals surface area contributed by atoms with Gasteiger partial charge < -0.3 is 15.0 Å². The Bertz CT molecular complexity index is 497. The second-order valence-corrected chi connectivity index (χ2v) is 6.84. The Labute approximate surface area is 151 Å². The van der Waals surface area contributed by atoms with Crippen molar-refractivity contribution in [1.29, 1.82) is 0 Å². The Morgan fingerprint density at radius 2 is 2.32 bits per heavy atom. The number of amides is 1. The summed E-state index contributed by atoms with van der Waals surface area (Å²) in [5.74, 6) is 0.285. The van der Waals surface area contributed by atoms with E-state index < -0.39 is 0 Å². The minimum atomic E-state index is 0.0938. The van der Waals surface area contributed by atoms with Gasteiger partial charge in [-0.2, -0.15) is 0 Å². The number of ether oxygens (including phenoxy) is 1. The van der Waals surface area contributed by atoms with Crippen molar-refractivity contribution in [3.8, 4) is 0 Å². The van der Waals surface area contributed by atoms with E-state index in [4.69, 9.17) is 4.74 Å². The lowest BCUT2D eigenvalue weighted by molar-refractivity contribution is -0.126. The van der Waals surface area contributed by atoms with Crippen LogP contribution in [0.3, 0.4) is 0 Å². The van der Waals surface area contributed by atoms with E-state index in [0.29, 0.717) is 6.54 Å². The van der Waals surface area contributed by atoms with Crippen LogP contribution in [-0.2, 0) is 16.1 Å².